The van der Waals surface area contributed by atoms with Gasteiger partial charge in [-0.1, -0.05) is 48.5 Å². The number of carbonyl (C=O) groups is 1. The molecule has 1 fully saturated rings. The standard InChI is InChI=1S/C33H32FN3O2/c1-3-36-20-28(19-35-36)25-11-13-29-27(17-25)16-21(2)37(31-14-12-26(18-30(31)34)23-9-10-23)33(29)24-7-4-22(5-8-24)6-15-32(38)39/h4-8,11-15,17-21,23,33H,3,9-10,16H2,1-2H3,(H,38,39)/b15-6+/t21-,33-/m0/s1. The summed E-state index contributed by atoms with van der Waals surface area (Å²) in [6.45, 7) is 5.06. The molecule has 1 aliphatic heterocycles. The molecule has 0 unspecified atom stereocenters. The number of aliphatic carboxylic acids is 1. The van der Waals surface area contributed by atoms with Crippen LogP contribution in [0.2, 0.25) is 0 Å². The Morgan fingerprint density at radius 3 is 2.49 bits per heavy atom. The Morgan fingerprint density at radius 1 is 1.05 bits per heavy atom. The number of rotatable bonds is 7. The Bertz CT molecular complexity index is 1550. The lowest BCUT2D eigenvalue weighted by Crippen LogP contribution is -2.43. The summed E-state index contributed by atoms with van der Waals surface area (Å²) in [5, 5.41) is 13.4. The van der Waals surface area contributed by atoms with E-state index in [1.807, 2.05) is 41.2 Å². The van der Waals surface area contributed by atoms with Gasteiger partial charge in [-0.05, 0) is 90.6 Å². The second-order valence-corrected chi connectivity index (χ2v) is 10.7. The van der Waals surface area contributed by atoms with Gasteiger partial charge < -0.3 is 10.0 Å². The van der Waals surface area contributed by atoms with Crippen molar-refractivity contribution in [3.63, 3.8) is 0 Å². The molecule has 2 heterocycles. The summed E-state index contributed by atoms with van der Waals surface area (Å²) in [4.78, 5) is 13.2. The molecule has 0 radical (unpaired) electrons. The molecule has 3 aromatic carbocycles. The molecule has 5 nitrogen and oxygen atoms in total. The van der Waals surface area contributed by atoms with Crippen LogP contribution in [-0.2, 0) is 17.8 Å². The molecule has 2 aliphatic rings. The highest BCUT2D eigenvalue weighted by molar-refractivity contribution is 5.85. The van der Waals surface area contributed by atoms with E-state index in [1.54, 1.807) is 12.1 Å². The normalized spacial score (nSPS) is 18.9. The first kappa shape index (κ1) is 25.1. The van der Waals surface area contributed by atoms with Gasteiger partial charge in [0, 0.05) is 30.4 Å². The number of hydrogen-bond donors (Lipinski definition) is 1. The number of halogens is 1. The van der Waals surface area contributed by atoms with E-state index in [0.29, 0.717) is 11.6 Å². The molecule has 6 rings (SSSR count). The number of carboxylic acids is 1. The van der Waals surface area contributed by atoms with Crippen molar-refractivity contribution < 1.29 is 14.3 Å². The van der Waals surface area contributed by atoms with Gasteiger partial charge in [0.05, 0.1) is 17.9 Å². The number of hydrogen-bond acceptors (Lipinski definition) is 3. The number of carboxylic acid groups (broad SMARTS) is 1. The molecular weight excluding hydrogens is 489 g/mol. The molecular formula is C33H32FN3O2. The van der Waals surface area contributed by atoms with Crippen LogP contribution in [0, 0.1) is 5.82 Å². The summed E-state index contributed by atoms with van der Waals surface area (Å²) in [7, 11) is 0. The monoisotopic (exact) mass is 521 g/mol. The maximum absolute atomic E-state index is 15.7. The fraction of sp³-hybridized carbons (Fsp3) is 0.273. The maximum atomic E-state index is 15.7. The maximum Gasteiger partial charge on any atom is 0.328 e. The average Bonchev–Trinajstić information content (AvgIpc) is 3.68. The highest BCUT2D eigenvalue weighted by atomic mass is 19.1. The number of aromatic nitrogens is 2. The third kappa shape index (κ3) is 4.99. The van der Waals surface area contributed by atoms with E-state index in [9.17, 15) is 4.79 Å². The topological polar surface area (TPSA) is 58.4 Å². The first-order valence-corrected chi connectivity index (χ1v) is 13.7. The molecule has 4 aromatic rings. The second kappa shape index (κ2) is 10.2. The molecule has 6 heteroatoms. The lowest BCUT2D eigenvalue weighted by molar-refractivity contribution is -0.131. The number of aryl methyl sites for hydroxylation is 1. The summed E-state index contributed by atoms with van der Waals surface area (Å²) >= 11 is 0. The van der Waals surface area contributed by atoms with Crippen molar-refractivity contribution in [2.24, 2.45) is 0 Å². The van der Waals surface area contributed by atoms with Gasteiger partial charge in [0.25, 0.3) is 0 Å². The van der Waals surface area contributed by atoms with Crippen molar-refractivity contribution in [3.8, 4) is 11.1 Å². The predicted octanol–water partition coefficient (Wildman–Crippen LogP) is 7.22. The third-order valence-electron chi connectivity index (χ3n) is 7.97. The van der Waals surface area contributed by atoms with Crippen molar-refractivity contribution >= 4 is 17.7 Å². The van der Waals surface area contributed by atoms with E-state index < -0.39 is 5.97 Å². The van der Waals surface area contributed by atoms with Gasteiger partial charge in [-0.2, -0.15) is 5.10 Å². The van der Waals surface area contributed by atoms with Gasteiger partial charge in [0.1, 0.15) is 5.82 Å². The molecule has 1 saturated carbocycles. The number of nitrogens with zero attached hydrogens (tertiary/aromatic N) is 3. The zero-order valence-electron chi connectivity index (χ0n) is 22.2. The Labute approximate surface area is 228 Å². The van der Waals surface area contributed by atoms with Gasteiger partial charge in [-0.15, -0.1) is 0 Å². The van der Waals surface area contributed by atoms with E-state index in [-0.39, 0.29) is 17.9 Å². The van der Waals surface area contributed by atoms with Crippen molar-refractivity contribution in [2.75, 3.05) is 4.90 Å². The predicted molar refractivity (Wildman–Crippen MR) is 152 cm³/mol. The lowest BCUT2D eigenvalue weighted by atomic mass is 9.83. The number of benzene rings is 3. The summed E-state index contributed by atoms with van der Waals surface area (Å²) < 4.78 is 17.6. The number of fused-ring (bicyclic) bond motifs is 1. The molecule has 39 heavy (non-hydrogen) atoms. The van der Waals surface area contributed by atoms with E-state index in [2.05, 4.69) is 54.3 Å². The van der Waals surface area contributed by atoms with Gasteiger partial charge in [-0.25, -0.2) is 9.18 Å². The summed E-state index contributed by atoms with van der Waals surface area (Å²) in [5.74, 6) is -0.666. The van der Waals surface area contributed by atoms with E-state index in [4.69, 9.17) is 5.11 Å². The largest absolute Gasteiger partial charge is 0.478 e. The first-order chi connectivity index (χ1) is 18.9. The van der Waals surface area contributed by atoms with Crippen LogP contribution in [-0.4, -0.2) is 26.9 Å². The van der Waals surface area contributed by atoms with Crippen LogP contribution in [0.5, 0.6) is 0 Å². The van der Waals surface area contributed by atoms with Crippen molar-refractivity contribution in [1.29, 1.82) is 0 Å². The zero-order chi connectivity index (χ0) is 27.1. The van der Waals surface area contributed by atoms with Crippen LogP contribution in [0.15, 0.2) is 79.1 Å². The highest BCUT2D eigenvalue weighted by Gasteiger charge is 2.35. The minimum atomic E-state index is -0.981. The Balaban J connectivity index is 1.44. The number of anilines is 1. The summed E-state index contributed by atoms with van der Waals surface area (Å²) in [6.07, 6.45) is 9.76. The summed E-state index contributed by atoms with van der Waals surface area (Å²) in [6, 6.07) is 20.1. The molecule has 0 bridgehead atoms. The van der Waals surface area contributed by atoms with Crippen LogP contribution >= 0.6 is 0 Å². The minimum Gasteiger partial charge on any atom is -0.478 e. The minimum absolute atomic E-state index is 0.0592. The molecule has 1 aromatic heterocycles. The lowest BCUT2D eigenvalue weighted by Gasteiger charge is -2.44. The summed E-state index contributed by atoms with van der Waals surface area (Å²) in [5.41, 5.74) is 8.15. The van der Waals surface area contributed by atoms with Crippen LogP contribution < -0.4 is 4.90 Å². The van der Waals surface area contributed by atoms with Gasteiger partial charge >= 0.3 is 5.97 Å². The quantitative estimate of drug-likeness (QED) is 0.261. The Hall–Kier alpha value is -4.19. The fourth-order valence-electron chi connectivity index (χ4n) is 5.81. The molecule has 0 amide bonds. The van der Waals surface area contributed by atoms with Crippen molar-refractivity contribution in [3.05, 3.63) is 113 Å². The first-order valence-electron chi connectivity index (χ1n) is 13.7. The third-order valence-corrected chi connectivity index (χ3v) is 7.97. The van der Waals surface area contributed by atoms with Gasteiger partial charge in [0.2, 0.25) is 0 Å². The average molecular weight is 522 g/mol. The van der Waals surface area contributed by atoms with Gasteiger partial charge in [-0.3, -0.25) is 4.68 Å². The molecule has 1 aliphatic carbocycles. The Morgan fingerprint density at radius 2 is 1.82 bits per heavy atom. The van der Waals surface area contributed by atoms with E-state index in [0.717, 1.165) is 65.3 Å². The smallest absolute Gasteiger partial charge is 0.328 e. The molecule has 0 saturated heterocycles. The molecule has 2 atom stereocenters. The van der Waals surface area contributed by atoms with Crippen LogP contribution in [0.25, 0.3) is 17.2 Å². The molecule has 198 valence electrons. The second-order valence-electron chi connectivity index (χ2n) is 10.7. The van der Waals surface area contributed by atoms with Crippen LogP contribution in [0.3, 0.4) is 0 Å². The Kier molecular flexibility index (Phi) is 6.55. The zero-order valence-corrected chi connectivity index (χ0v) is 22.2. The van der Waals surface area contributed by atoms with Crippen LogP contribution in [0.4, 0.5) is 10.1 Å². The van der Waals surface area contributed by atoms with Crippen molar-refractivity contribution in [1.82, 2.24) is 9.78 Å². The SMILES string of the molecule is CCn1cc(-c2ccc3c(c2)C[C@H](C)N(c2ccc(C4CC4)cc2F)[C@H]3c2ccc(/C=C/C(=O)O)cc2)cn1. The molecule has 0 spiro atoms. The van der Waals surface area contributed by atoms with Crippen molar-refractivity contribution in [2.45, 2.75) is 57.7 Å². The van der Waals surface area contributed by atoms with E-state index in [1.165, 1.54) is 5.56 Å². The molecule has 1 N–H and O–H groups in total. The van der Waals surface area contributed by atoms with Gasteiger partial charge in [0.15, 0.2) is 0 Å². The van der Waals surface area contributed by atoms with E-state index >= 15 is 4.39 Å². The van der Waals surface area contributed by atoms with Crippen LogP contribution in [0.1, 0.15) is 66.5 Å². The fourth-order valence-corrected chi connectivity index (χ4v) is 5.81. The highest BCUT2D eigenvalue weighted by Crippen LogP contribution is 2.45.